The maximum atomic E-state index is 12.2. The number of carbonyl (C=O) groups is 1. The molecule has 1 aromatic carbocycles. The highest BCUT2D eigenvalue weighted by molar-refractivity contribution is 5.89. The lowest BCUT2D eigenvalue weighted by atomic mass is 10.0. The van der Waals surface area contributed by atoms with Gasteiger partial charge in [0, 0.05) is 13.2 Å². The van der Waals surface area contributed by atoms with E-state index in [9.17, 15) is 4.79 Å². The first-order chi connectivity index (χ1) is 10.6. The molecule has 0 fully saturated rings. The van der Waals surface area contributed by atoms with E-state index in [1.807, 2.05) is 38.1 Å². The minimum atomic E-state index is -0.372. The van der Waals surface area contributed by atoms with Gasteiger partial charge in [0.05, 0.1) is 18.8 Å². The lowest BCUT2D eigenvalue weighted by Crippen LogP contribution is -2.28. The molecule has 1 rings (SSSR count). The summed E-state index contributed by atoms with van der Waals surface area (Å²) in [7, 11) is 0. The van der Waals surface area contributed by atoms with Gasteiger partial charge in [0.25, 0.3) is 0 Å². The topological polar surface area (TPSA) is 44.8 Å². The lowest BCUT2D eigenvalue weighted by molar-refractivity contribution is -0.0363. The van der Waals surface area contributed by atoms with Crippen molar-refractivity contribution in [2.24, 2.45) is 5.92 Å². The number of rotatable bonds is 10. The molecule has 4 heteroatoms. The fraction of sp³-hybridized carbons (Fsp3) is 0.611. The molecule has 0 heterocycles. The first-order valence-corrected chi connectivity index (χ1v) is 8.02. The second-order valence-corrected chi connectivity index (χ2v) is 5.64. The molecule has 0 aliphatic heterocycles. The Balaban J connectivity index is 2.60. The van der Waals surface area contributed by atoms with Crippen molar-refractivity contribution in [1.29, 1.82) is 0 Å². The Hall–Kier alpha value is -1.39. The van der Waals surface area contributed by atoms with Gasteiger partial charge in [0.15, 0.2) is 0 Å². The Kier molecular flexibility index (Phi) is 8.78. The van der Waals surface area contributed by atoms with Gasteiger partial charge in [-0.15, -0.1) is 0 Å². The summed E-state index contributed by atoms with van der Waals surface area (Å²) in [5.41, 5.74) is 1.79. The monoisotopic (exact) mass is 308 g/mol. The van der Waals surface area contributed by atoms with E-state index in [-0.39, 0.29) is 12.1 Å². The molecule has 0 aliphatic carbocycles. The van der Waals surface area contributed by atoms with E-state index in [1.165, 1.54) is 5.56 Å². The van der Waals surface area contributed by atoms with E-state index in [0.29, 0.717) is 37.9 Å². The Morgan fingerprint density at radius 1 is 1.00 bits per heavy atom. The summed E-state index contributed by atoms with van der Waals surface area (Å²) in [5, 5.41) is 0. The van der Waals surface area contributed by atoms with E-state index < -0.39 is 0 Å². The molecule has 0 amide bonds. The zero-order chi connectivity index (χ0) is 16.4. The van der Waals surface area contributed by atoms with Crippen LogP contribution in [0.1, 0.15) is 43.6 Å². The van der Waals surface area contributed by atoms with Crippen molar-refractivity contribution in [2.45, 2.75) is 40.2 Å². The number of hydrogen-bond donors (Lipinski definition) is 0. The van der Waals surface area contributed by atoms with Crippen molar-refractivity contribution in [3.05, 3.63) is 35.4 Å². The summed E-state index contributed by atoms with van der Waals surface area (Å²) < 4.78 is 16.1. The number of carbonyl (C=O) groups excluding carboxylic acids is 1. The molecular formula is C18H28O4. The third kappa shape index (κ3) is 7.05. The van der Waals surface area contributed by atoms with Crippen molar-refractivity contribution >= 4 is 5.97 Å². The minimum Gasteiger partial charge on any atom is -0.454 e. The first-order valence-electron chi connectivity index (χ1n) is 8.02. The van der Waals surface area contributed by atoms with E-state index in [4.69, 9.17) is 14.2 Å². The minimum absolute atomic E-state index is 0.333. The molecule has 0 saturated carbocycles. The average molecular weight is 308 g/mol. The van der Waals surface area contributed by atoms with Crippen LogP contribution in [0.25, 0.3) is 0 Å². The van der Waals surface area contributed by atoms with Crippen LogP contribution >= 0.6 is 0 Å². The number of benzene rings is 1. The van der Waals surface area contributed by atoms with Gasteiger partial charge >= 0.3 is 5.97 Å². The highest BCUT2D eigenvalue weighted by Gasteiger charge is 2.16. The zero-order valence-corrected chi connectivity index (χ0v) is 14.1. The molecule has 1 aromatic rings. The molecule has 0 atom stereocenters. The van der Waals surface area contributed by atoms with Crippen LogP contribution in [0.4, 0.5) is 0 Å². The maximum Gasteiger partial charge on any atom is 0.338 e. The standard InChI is InChI=1S/C18H28O4/c1-5-20-12-17(13-21-6-2)22-18(19)16-9-7-15(8-10-16)11-14(3)4/h7-10,14,17H,5-6,11-13H2,1-4H3. The Bertz CT molecular complexity index is 417. The van der Waals surface area contributed by atoms with Crippen molar-refractivity contribution in [1.82, 2.24) is 0 Å². The Labute approximate surface area is 133 Å². The molecule has 0 N–H and O–H groups in total. The lowest BCUT2D eigenvalue weighted by Gasteiger charge is -2.17. The zero-order valence-electron chi connectivity index (χ0n) is 14.1. The van der Waals surface area contributed by atoms with Gasteiger partial charge in [0.1, 0.15) is 6.10 Å². The van der Waals surface area contributed by atoms with Crippen molar-refractivity contribution < 1.29 is 19.0 Å². The highest BCUT2D eigenvalue weighted by atomic mass is 16.6. The Morgan fingerprint density at radius 3 is 2.00 bits per heavy atom. The average Bonchev–Trinajstić information content (AvgIpc) is 2.50. The van der Waals surface area contributed by atoms with Crippen molar-refractivity contribution in [3.63, 3.8) is 0 Å². The van der Waals surface area contributed by atoms with E-state index >= 15 is 0 Å². The molecule has 0 unspecified atom stereocenters. The van der Waals surface area contributed by atoms with Gasteiger partial charge in [-0.05, 0) is 43.9 Å². The van der Waals surface area contributed by atoms with Crippen LogP contribution in [0.2, 0.25) is 0 Å². The van der Waals surface area contributed by atoms with Crippen LogP contribution in [-0.4, -0.2) is 38.5 Å². The van der Waals surface area contributed by atoms with E-state index in [1.54, 1.807) is 0 Å². The van der Waals surface area contributed by atoms with Crippen molar-refractivity contribution in [3.8, 4) is 0 Å². The summed E-state index contributed by atoms with van der Waals surface area (Å²) in [5.74, 6) is 0.264. The molecule has 0 aromatic heterocycles. The SMILES string of the molecule is CCOCC(COCC)OC(=O)c1ccc(CC(C)C)cc1. The molecular weight excluding hydrogens is 280 g/mol. The van der Waals surface area contributed by atoms with E-state index in [0.717, 1.165) is 6.42 Å². The van der Waals surface area contributed by atoms with Crippen LogP contribution < -0.4 is 0 Å². The van der Waals surface area contributed by atoms with Crippen LogP contribution in [0.3, 0.4) is 0 Å². The van der Waals surface area contributed by atoms with Crippen LogP contribution in [-0.2, 0) is 20.6 Å². The maximum absolute atomic E-state index is 12.2. The van der Waals surface area contributed by atoms with Gasteiger partial charge in [-0.1, -0.05) is 26.0 Å². The van der Waals surface area contributed by atoms with E-state index in [2.05, 4.69) is 13.8 Å². The second kappa shape index (κ2) is 10.4. The molecule has 22 heavy (non-hydrogen) atoms. The molecule has 0 radical (unpaired) electrons. The van der Waals surface area contributed by atoms with Crippen LogP contribution in [0.15, 0.2) is 24.3 Å². The predicted octanol–water partition coefficient (Wildman–Crippen LogP) is 3.48. The third-order valence-corrected chi connectivity index (χ3v) is 3.12. The van der Waals surface area contributed by atoms with Crippen molar-refractivity contribution in [2.75, 3.05) is 26.4 Å². The summed E-state index contributed by atoms with van der Waals surface area (Å²) in [6.45, 7) is 10.1. The molecule has 0 bridgehead atoms. The van der Waals surface area contributed by atoms with Gasteiger partial charge in [-0.25, -0.2) is 4.79 Å². The van der Waals surface area contributed by atoms with Crippen LogP contribution in [0, 0.1) is 5.92 Å². The molecule has 0 spiro atoms. The van der Waals surface area contributed by atoms with Gasteiger partial charge in [-0.2, -0.15) is 0 Å². The highest BCUT2D eigenvalue weighted by Crippen LogP contribution is 2.11. The predicted molar refractivity (Wildman–Crippen MR) is 87.2 cm³/mol. The second-order valence-electron chi connectivity index (χ2n) is 5.64. The summed E-state index contributed by atoms with van der Waals surface area (Å²) in [6, 6.07) is 7.60. The quantitative estimate of drug-likeness (QED) is 0.621. The third-order valence-electron chi connectivity index (χ3n) is 3.12. The first kappa shape index (κ1) is 18.7. The fourth-order valence-electron chi connectivity index (χ4n) is 2.08. The number of ether oxygens (including phenoxy) is 3. The largest absolute Gasteiger partial charge is 0.454 e. The summed E-state index contributed by atoms with van der Waals surface area (Å²) in [4.78, 5) is 12.2. The smallest absolute Gasteiger partial charge is 0.338 e. The molecule has 124 valence electrons. The summed E-state index contributed by atoms with van der Waals surface area (Å²) >= 11 is 0. The van der Waals surface area contributed by atoms with Crippen LogP contribution in [0.5, 0.6) is 0 Å². The van der Waals surface area contributed by atoms with Gasteiger partial charge in [-0.3, -0.25) is 0 Å². The van der Waals surface area contributed by atoms with Gasteiger partial charge < -0.3 is 14.2 Å². The fourth-order valence-corrected chi connectivity index (χ4v) is 2.08. The molecule has 0 aliphatic rings. The van der Waals surface area contributed by atoms with Gasteiger partial charge in [0.2, 0.25) is 0 Å². The normalized spacial score (nSPS) is 11.2. The summed E-state index contributed by atoms with van der Waals surface area (Å²) in [6.07, 6.45) is 0.634. The number of hydrogen-bond acceptors (Lipinski definition) is 4. The molecule has 0 saturated heterocycles. The Morgan fingerprint density at radius 2 is 1.55 bits per heavy atom. The molecule has 4 nitrogen and oxygen atoms in total. The number of esters is 1.